The van der Waals surface area contributed by atoms with Gasteiger partial charge in [0.25, 0.3) is 11.1 Å². The molecule has 0 saturated carbocycles. The molecule has 0 aliphatic heterocycles. The SMILES string of the molecule is COc1cc(C(C)=Nn2c(=S)[nH]nc(C)c2=O)cc(OC)c1[O-].COc1cc(C(C)=Nn2c(=S)[nH]nc(C)c2=O)cc(OC)c1[O-].[Cu+2]. The molecule has 0 fully saturated rings. The second-order valence-electron chi connectivity index (χ2n) is 9.25. The first kappa shape index (κ1) is 38.3. The fraction of sp³-hybridized carbons (Fsp3) is 0.286. The van der Waals surface area contributed by atoms with Crippen molar-refractivity contribution in [2.24, 2.45) is 10.2 Å². The first-order chi connectivity index (χ1) is 21.8. The molecule has 253 valence electrons. The third kappa shape index (κ3) is 8.70. The van der Waals surface area contributed by atoms with Gasteiger partial charge in [-0.3, -0.25) is 19.8 Å². The Bertz CT molecular complexity index is 1870. The second kappa shape index (κ2) is 16.6. The number of aromatic amines is 2. The molecule has 0 bridgehead atoms. The van der Waals surface area contributed by atoms with Gasteiger partial charge in [0.1, 0.15) is 34.4 Å². The maximum atomic E-state index is 12.1. The monoisotopic (exact) mass is 733 g/mol. The number of hydrogen-bond acceptors (Lipinski definition) is 14. The molecule has 2 aromatic carbocycles. The number of methoxy groups -OCH3 is 4. The molecule has 16 nitrogen and oxygen atoms in total. The smallest absolute Gasteiger partial charge is 0.867 e. The van der Waals surface area contributed by atoms with E-state index in [2.05, 4.69) is 30.6 Å². The van der Waals surface area contributed by atoms with Gasteiger partial charge in [-0.05, 0) is 87.9 Å². The van der Waals surface area contributed by atoms with Gasteiger partial charge < -0.3 is 29.2 Å². The molecule has 0 unspecified atom stereocenters. The van der Waals surface area contributed by atoms with Crippen LogP contribution in [0.25, 0.3) is 0 Å². The zero-order valence-electron chi connectivity index (χ0n) is 26.4. The van der Waals surface area contributed by atoms with Gasteiger partial charge in [-0.25, -0.2) is 0 Å². The molecule has 0 amide bonds. The summed E-state index contributed by atoms with van der Waals surface area (Å²) in [6.45, 7) is 6.45. The molecule has 4 aromatic rings. The van der Waals surface area contributed by atoms with Crippen LogP contribution < -0.4 is 40.3 Å². The van der Waals surface area contributed by atoms with Gasteiger partial charge in [0.05, 0.1) is 39.9 Å². The second-order valence-corrected chi connectivity index (χ2v) is 10.0. The Morgan fingerprint density at radius 2 is 0.957 bits per heavy atom. The van der Waals surface area contributed by atoms with E-state index in [4.69, 9.17) is 43.4 Å². The Hall–Kier alpha value is -4.84. The Morgan fingerprint density at radius 3 is 1.21 bits per heavy atom. The maximum absolute atomic E-state index is 12.1. The van der Waals surface area contributed by atoms with E-state index >= 15 is 0 Å². The number of rotatable bonds is 8. The molecular weight excluding hydrogens is 704 g/mol. The fourth-order valence-electron chi connectivity index (χ4n) is 3.72. The van der Waals surface area contributed by atoms with Crippen molar-refractivity contribution in [1.82, 2.24) is 29.7 Å². The number of H-pyrrole nitrogens is 2. The number of aryl methyl sites for hydroxylation is 2. The van der Waals surface area contributed by atoms with Gasteiger partial charge in [0.2, 0.25) is 9.54 Å². The molecular formula is C28H30CuN8O8S2. The minimum Gasteiger partial charge on any atom is -0.867 e. The number of benzene rings is 2. The van der Waals surface area contributed by atoms with Crippen LogP contribution in [0.15, 0.2) is 44.1 Å². The molecule has 2 heterocycles. The largest absolute Gasteiger partial charge is 2.00 e. The van der Waals surface area contributed by atoms with Crippen LogP contribution in [-0.4, -0.2) is 69.6 Å². The van der Waals surface area contributed by atoms with E-state index in [1.54, 1.807) is 27.7 Å². The van der Waals surface area contributed by atoms with Gasteiger partial charge in [-0.1, -0.05) is 0 Å². The van der Waals surface area contributed by atoms with Crippen LogP contribution in [0, 0.1) is 23.4 Å². The van der Waals surface area contributed by atoms with E-state index in [-0.39, 0.29) is 72.5 Å². The number of nitrogens with one attached hydrogen (secondary N) is 2. The van der Waals surface area contributed by atoms with Crippen LogP contribution in [0.4, 0.5) is 0 Å². The van der Waals surface area contributed by atoms with Gasteiger partial charge in [-0.15, -0.1) is 0 Å². The van der Waals surface area contributed by atoms with E-state index in [1.807, 2.05) is 0 Å². The summed E-state index contributed by atoms with van der Waals surface area (Å²) in [4.78, 5) is 24.1. The molecule has 2 aromatic heterocycles. The van der Waals surface area contributed by atoms with Crippen LogP contribution in [0.5, 0.6) is 34.5 Å². The third-order valence-electron chi connectivity index (χ3n) is 6.28. The minimum atomic E-state index is -0.424. The Labute approximate surface area is 288 Å². The zero-order chi connectivity index (χ0) is 34.3. The molecule has 2 N–H and O–H groups in total. The van der Waals surface area contributed by atoms with Crippen molar-refractivity contribution < 1.29 is 46.2 Å². The summed E-state index contributed by atoms with van der Waals surface area (Å²) in [7, 11) is 5.55. The van der Waals surface area contributed by atoms with E-state index in [9.17, 15) is 19.8 Å². The van der Waals surface area contributed by atoms with E-state index in [0.717, 1.165) is 9.35 Å². The molecule has 0 saturated heterocycles. The van der Waals surface area contributed by atoms with Crippen LogP contribution in [0.2, 0.25) is 0 Å². The summed E-state index contributed by atoms with van der Waals surface area (Å²) in [6.07, 6.45) is 0. The topological polar surface area (TPSA) is 209 Å². The van der Waals surface area contributed by atoms with Crippen LogP contribution in [-0.2, 0) is 17.1 Å². The van der Waals surface area contributed by atoms with Crippen molar-refractivity contribution in [3.05, 3.63) is 77.0 Å². The first-order valence-electron chi connectivity index (χ1n) is 13.1. The van der Waals surface area contributed by atoms with Gasteiger partial charge in [-0.2, -0.15) is 29.8 Å². The van der Waals surface area contributed by atoms with Gasteiger partial charge >= 0.3 is 17.1 Å². The van der Waals surface area contributed by atoms with Gasteiger partial charge in [0.15, 0.2) is 0 Å². The fourth-order valence-corrected chi connectivity index (χ4v) is 4.06. The molecule has 0 spiro atoms. The standard InChI is InChI=1S/2C14H16N4O4S.Cu/c2*1-7(17-18-13(20)8(2)15-16-14(18)23)9-5-10(21-3)12(19)11(6-9)22-4;/h2*5-6,19H,1-4H3,(H,16,23);/q;;+2/p-2. The molecule has 4 rings (SSSR count). The number of aromatic nitrogens is 6. The molecule has 1 radical (unpaired) electrons. The molecule has 0 aliphatic rings. The number of hydrogen-bond donors (Lipinski definition) is 2. The average Bonchev–Trinajstić information content (AvgIpc) is 3.05. The minimum absolute atomic E-state index is 0. The van der Waals surface area contributed by atoms with Gasteiger partial charge in [0, 0.05) is 11.1 Å². The van der Waals surface area contributed by atoms with Crippen molar-refractivity contribution in [2.75, 3.05) is 28.4 Å². The summed E-state index contributed by atoms with van der Waals surface area (Å²) in [5.74, 6) is -0.231. The zero-order valence-corrected chi connectivity index (χ0v) is 29.0. The Balaban J connectivity index is 0.000000320. The number of ether oxygens (including phenoxy) is 4. The van der Waals surface area contributed by atoms with Crippen LogP contribution in [0.1, 0.15) is 36.4 Å². The predicted octanol–water partition coefficient (Wildman–Crippen LogP) is 1.94. The van der Waals surface area contributed by atoms with Crippen molar-refractivity contribution in [3.63, 3.8) is 0 Å². The third-order valence-corrected chi connectivity index (χ3v) is 6.81. The van der Waals surface area contributed by atoms with Crippen LogP contribution >= 0.6 is 24.4 Å². The summed E-state index contributed by atoms with van der Waals surface area (Å²) < 4.78 is 22.4. The molecule has 0 aliphatic carbocycles. The normalized spacial score (nSPS) is 11.1. The maximum Gasteiger partial charge on any atom is 2.00 e. The summed E-state index contributed by atoms with van der Waals surface area (Å²) >= 11 is 10.0. The van der Waals surface area contributed by atoms with Crippen LogP contribution in [0.3, 0.4) is 0 Å². The number of nitrogens with zero attached hydrogens (tertiary/aromatic N) is 6. The summed E-state index contributed by atoms with van der Waals surface area (Å²) in [5.41, 5.74) is 1.66. The Kier molecular flexibility index (Phi) is 13.6. The molecule has 47 heavy (non-hydrogen) atoms. The molecule has 19 heteroatoms. The quantitative estimate of drug-likeness (QED) is 0.151. The van der Waals surface area contributed by atoms with Crippen molar-refractivity contribution in [2.45, 2.75) is 27.7 Å². The van der Waals surface area contributed by atoms with E-state index in [0.29, 0.717) is 22.6 Å². The van der Waals surface area contributed by atoms with E-state index < -0.39 is 11.1 Å². The summed E-state index contributed by atoms with van der Waals surface area (Å²) in [6, 6.07) is 6.09. The molecule has 0 atom stereocenters. The van der Waals surface area contributed by atoms with E-state index in [1.165, 1.54) is 52.7 Å². The predicted molar refractivity (Wildman–Crippen MR) is 170 cm³/mol. The van der Waals surface area contributed by atoms with Crippen molar-refractivity contribution in [1.29, 1.82) is 0 Å². The first-order valence-corrected chi connectivity index (χ1v) is 13.9. The summed E-state index contributed by atoms with van der Waals surface area (Å²) in [5, 5.41) is 44.9. The van der Waals surface area contributed by atoms with Crippen molar-refractivity contribution >= 4 is 35.9 Å². The Morgan fingerprint density at radius 1 is 0.681 bits per heavy atom. The van der Waals surface area contributed by atoms with Crippen molar-refractivity contribution in [3.8, 4) is 34.5 Å². The average molecular weight is 734 g/mol.